The van der Waals surface area contributed by atoms with Gasteiger partial charge in [0, 0.05) is 6.42 Å². The molecule has 0 radical (unpaired) electrons. The summed E-state index contributed by atoms with van der Waals surface area (Å²) in [5.74, 6) is -0.162. The van der Waals surface area contributed by atoms with Crippen molar-refractivity contribution < 1.29 is 39.8 Å². The van der Waals surface area contributed by atoms with Crippen molar-refractivity contribution in [1.29, 1.82) is 0 Å². The van der Waals surface area contributed by atoms with Crippen LogP contribution in [0.1, 0.15) is 162 Å². The molecule has 2 unspecified atom stereocenters. The van der Waals surface area contributed by atoms with Crippen LogP contribution < -0.4 is 5.32 Å². The summed E-state index contributed by atoms with van der Waals surface area (Å²) in [5, 5.41) is 54.0. The number of unbranched alkanes of at least 4 members (excludes halogenated alkanes) is 17. The van der Waals surface area contributed by atoms with Gasteiger partial charge in [-0.3, -0.25) is 4.79 Å². The van der Waals surface area contributed by atoms with Crippen molar-refractivity contribution in [3.63, 3.8) is 0 Å². The Hall–Kier alpha value is -1.33. The highest BCUT2D eigenvalue weighted by Gasteiger charge is 2.44. The quantitative estimate of drug-likeness (QED) is 0.0346. The maximum Gasteiger partial charge on any atom is 0.220 e. The maximum absolute atomic E-state index is 12.9. The maximum atomic E-state index is 12.9. The van der Waals surface area contributed by atoms with Crippen LogP contribution in [0.4, 0.5) is 0 Å². The second-order valence-electron chi connectivity index (χ2n) is 13.7. The lowest BCUT2D eigenvalue weighted by Gasteiger charge is -2.40. The van der Waals surface area contributed by atoms with E-state index in [0.29, 0.717) is 12.8 Å². The van der Waals surface area contributed by atoms with Gasteiger partial charge in [-0.15, -0.1) is 0 Å². The Kier molecular flexibility index (Phi) is 28.4. The summed E-state index contributed by atoms with van der Waals surface area (Å²) in [5.41, 5.74) is 0. The van der Waals surface area contributed by atoms with Crippen molar-refractivity contribution in [2.24, 2.45) is 0 Å². The van der Waals surface area contributed by atoms with Gasteiger partial charge in [0.2, 0.25) is 5.91 Å². The van der Waals surface area contributed by atoms with E-state index in [0.717, 1.165) is 64.2 Å². The van der Waals surface area contributed by atoms with Gasteiger partial charge >= 0.3 is 0 Å². The third kappa shape index (κ3) is 21.7. The smallest absolute Gasteiger partial charge is 0.220 e. The minimum atomic E-state index is -1.55. The first kappa shape index (κ1) is 44.7. The lowest BCUT2D eigenvalue weighted by atomic mass is 9.99. The Morgan fingerprint density at radius 3 is 1.83 bits per heavy atom. The molecule has 1 saturated heterocycles. The number of hydrogen-bond acceptors (Lipinski definition) is 8. The molecule has 1 amide bonds. The van der Waals surface area contributed by atoms with Crippen molar-refractivity contribution in [2.75, 3.05) is 13.2 Å². The van der Waals surface area contributed by atoms with Crippen LogP contribution in [0.15, 0.2) is 24.3 Å². The van der Waals surface area contributed by atoms with E-state index < -0.39 is 49.5 Å². The fourth-order valence-corrected chi connectivity index (χ4v) is 6.07. The molecule has 6 N–H and O–H groups in total. The first-order valence-electron chi connectivity index (χ1n) is 19.5. The van der Waals surface area contributed by atoms with E-state index in [-0.39, 0.29) is 12.5 Å². The van der Waals surface area contributed by atoms with Gasteiger partial charge in [0.15, 0.2) is 6.29 Å². The lowest BCUT2D eigenvalue weighted by molar-refractivity contribution is -0.302. The molecule has 0 spiro atoms. The third-order valence-corrected chi connectivity index (χ3v) is 9.31. The van der Waals surface area contributed by atoms with E-state index in [1.165, 1.54) is 70.6 Å². The van der Waals surface area contributed by atoms with E-state index in [2.05, 4.69) is 43.5 Å². The van der Waals surface area contributed by atoms with Gasteiger partial charge in [0.25, 0.3) is 0 Å². The molecular weight excluding hydrogens is 610 g/mol. The molecule has 0 bridgehead atoms. The van der Waals surface area contributed by atoms with Crippen molar-refractivity contribution in [3.05, 3.63) is 24.3 Å². The average molecular weight is 684 g/mol. The summed E-state index contributed by atoms with van der Waals surface area (Å²) in [6, 6.07) is -0.721. The van der Waals surface area contributed by atoms with Crippen molar-refractivity contribution >= 4 is 5.91 Å². The molecular formula is C39H73NO8. The second kappa shape index (κ2) is 30.5. The number of aliphatic hydroxyl groups excluding tert-OH is 5. The molecule has 0 saturated carbocycles. The van der Waals surface area contributed by atoms with Gasteiger partial charge in [0.05, 0.1) is 25.4 Å². The Labute approximate surface area is 292 Å². The van der Waals surface area contributed by atoms with Crippen LogP contribution in [-0.2, 0) is 14.3 Å². The SMILES string of the molecule is CCCCC/C=C/C/C=C/CCCCCCCC(=O)N[C@@H](CO[C@H]1O[C@@H](CO)[C@H](O)C(O)C1O)[C@H](O)CCCCCCCCCCCC. The van der Waals surface area contributed by atoms with Gasteiger partial charge in [0.1, 0.15) is 24.4 Å². The molecule has 9 nitrogen and oxygen atoms in total. The number of hydrogen-bond donors (Lipinski definition) is 6. The zero-order chi connectivity index (χ0) is 35.2. The standard InChI is InChI=1S/C39H73NO8/c1-3-5-7-9-11-13-15-16-17-18-19-21-23-25-27-29-35(43)40-32(31-47-39-38(46)37(45)36(44)34(30-41)48-39)33(42)28-26-24-22-20-14-12-10-8-6-4-2/h11,13,16-17,32-34,36-39,41-42,44-46H,3-10,12,14-15,18-31H2,1-2H3,(H,40,43)/b13-11+,17-16+/t32-,33+,34-,36-,37?,38?,39-/m0/s1. The molecule has 1 aliphatic rings. The zero-order valence-electron chi connectivity index (χ0n) is 30.5. The van der Waals surface area contributed by atoms with Gasteiger partial charge in [-0.1, -0.05) is 134 Å². The predicted octanol–water partition coefficient (Wildman–Crippen LogP) is 6.77. The van der Waals surface area contributed by atoms with Crippen molar-refractivity contribution in [1.82, 2.24) is 5.32 Å². The number of allylic oxidation sites excluding steroid dienone is 4. The summed E-state index contributed by atoms with van der Waals surface area (Å²) in [4.78, 5) is 12.9. The van der Waals surface area contributed by atoms with Gasteiger partial charge in [-0.05, 0) is 44.9 Å². The topological polar surface area (TPSA) is 149 Å². The summed E-state index contributed by atoms with van der Waals surface area (Å²) >= 11 is 0. The number of nitrogens with one attached hydrogen (secondary N) is 1. The molecule has 282 valence electrons. The lowest BCUT2D eigenvalue weighted by Crippen LogP contribution is -2.60. The molecule has 1 heterocycles. The zero-order valence-corrected chi connectivity index (χ0v) is 30.5. The molecule has 48 heavy (non-hydrogen) atoms. The molecule has 0 aromatic carbocycles. The Morgan fingerprint density at radius 2 is 1.23 bits per heavy atom. The molecule has 0 aromatic heterocycles. The molecule has 0 aromatic rings. The summed E-state index contributed by atoms with van der Waals surface area (Å²) in [6.45, 7) is 3.75. The van der Waals surface area contributed by atoms with Crippen molar-refractivity contribution in [3.8, 4) is 0 Å². The second-order valence-corrected chi connectivity index (χ2v) is 13.7. The molecule has 1 aliphatic heterocycles. The molecule has 7 atom stereocenters. The van der Waals surface area contributed by atoms with Crippen LogP contribution >= 0.6 is 0 Å². The highest BCUT2D eigenvalue weighted by Crippen LogP contribution is 2.23. The largest absolute Gasteiger partial charge is 0.394 e. The Bertz CT molecular complexity index is 807. The highest BCUT2D eigenvalue weighted by atomic mass is 16.7. The van der Waals surface area contributed by atoms with Crippen LogP contribution in [0, 0.1) is 0 Å². The fraction of sp³-hybridized carbons (Fsp3) is 0.872. The predicted molar refractivity (Wildman–Crippen MR) is 193 cm³/mol. The number of carbonyl (C=O) groups is 1. The summed E-state index contributed by atoms with van der Waals surface area (Å²) < 4.78 is 11.2. The van der Waals surface area contributed by atoms with Crippen LogP contribution in [0.5, 0.6) is 0 Å². The van der Waals surface area contributed by atoms with E-state index >= 15 is 0 Å². The molecule has 9 heteroatoms. The van der Waals surface area contributed by atoms with E-state index in [9.17, 15) is 30.3 Å². The van der Waals surface area contributed by atoms with Gasteiger partial charge < -0.3 is 40.3 Å². The average Bonchev–Trinajstić information content (AvgIpc) is 3.08. The Morgan fingerprint density at radius 1 is 0.708 bits per heavy atom. The molecule has 1 fully saturated rings. The van der Waals surface area contributed by atoms with E-state index in [1.54, 1.807) is 0 Å². The van der Waals surface area contributed by atoms with Crippen LogP contribution in [0.2, 0.25) is 0 Å². The summed E-state index contributed by atoms with van der Waals surface area (Å²) in [7, 11) is 0. The first-order valence-corrected chi connectivity index (χ1v) is 19.5. The normalized spacial score (nSPS) is 22.9. The first-order chi connectivity index (χ1) is 23.3. The highest BCUT2D eigenvalue weighted by molar-refractivity contribution is 5.76. The minimum Gasteiger partial charge on any atom is -0.394 e. The monoisotopic (exact) mass is 684 g/mol. The number of aliphatic hydroxyl groups is 5. The summed E-state index contributed by atoms with van der Waals surface area (Å²) in [6.07, 6.45) is 26.1. The third-order valence-electron chi connectivity index (χ3n) is 9.31. The number of amides is 1. The van der Waals surface area contributed by atoms with Gasteiger partial charge in [-0.2, -0.15) is 0 Å². The van der Waals surface area contributed by atoms with E-state index in [4.69, 9.17) is 9.47 Å². The van der Waals surface area contributed by atoms with Crippen LogP contribution in [0.25, 0.3) is 0 Å². The fourth-order valence-electron chi connectivity index (χ4n) is 6.07. The minimum absolute atomic E-state index is 0.143. The van der Waals surface area contributed by atoms with Crippen LogP contribution in [-0.4, -0.2) is 87.5 Å². The number of rotatable bonds is 31. The number of carbonyl (C=O) groups excluding carboxylic acids is 1. The molecule has 1 rings (SSSR count). The molecule has 0 aliphatic carbocycles. The van der Waals surface area contributed by atoms with Crippen molar-refractivity contribution in [2.45, 2.75) is 204 Å². The Balaban J connectivity index is 2.42. The van der Waals surface area contributed by atoms with Gasteiger partial charge in [-0.25, -0.2) is 0 Å². The number of ether oxygens (including phenoxy) is 2. The van der Waals surface area contributed by atoms with E-state index in [1.807, 2.05) is 0 Å². The van der Waals surface area contributed by atoms with Crippen LogP contribution in [0.3, 0.4) is 0 Å².